The van der Waals surface area contributed by atoms with Crippen LogP contribution in [0.1, 0.15) is 22.7 Å². The quantitative estimate of drug-likeness (QED) is 0.864. The molecule has 0 saturated heterocycles. The first-order chi connectivity index (χ1) is 11.5. The summed E-state index contributed by atoms with van der Waals surface area (Å²) < 4.78 is 6.31. The van der Waals surface area contributed by atoms with Crippen molar-refractivity contribution in [3.63, 3.8) is 0 Å². The lowest BCUT2D eigenvalue weighted by atomic mass is 10.1. The van der Waals surface area contributed by atoms with Crippen molar-refractivity contribution in [1.29, 1.82) is 0 Å². The minimum absolute atomic E-state index is 0.161. The molecule has 0 amide bonds. The molecule has 0 saturated carbocycles. The fourth-order valence-electron chi connectivity index (χ4n) is 2.82. The highest BCUT2D eigenvalue weighted by atomic mass is 32.2. The summed E-state index contributed by atoms with van der Waals surface area (Å²) in [6.45, 7) is 4.72. The van der Waals surface area contributed by atoms with E-state index < -0.39 is 6.04 Å². The number of fused-ring (bicyclic) bond motifs is 1. The third-order valence-corrected chi connectivity index (χ3v) is 5.45. The molecule has 2 aromatic rings. The van der Waals surface area contributed by atoms with Gasteiger partial charge in [-0.05, 0) is 42.7 Å². The number of carbonyl (C=O) groups is 1. The van der Waals surface area contributed by atoms with Gasteiger partial charge in [-0.15, -0.1) is 11.8 Å². The van der Waals surface area contributed by atoms with E-state index in [1.807, 2.05) is 18.2 Å². The first kappa shape index (κ1) is 16.6. The van der Waals surface area contributed by atoms with Gasteiger partial charge in [-0.1, -0.05) is 12.1 Å². The van der Waals surface area contributed by atoms with E-state index in [0.29, 0.717) is 12.3 Å². The van der Waals surface area contributed by atoms with Gasteiger partial charge in [0.1, 0.15) is 6.04 Å². The summed E-state index contributed by atoms with van der Waals surface area (Å²) in [5.41, 5.74) is 4.24. The largest absolute Gasteiger partial charge is 0.467 e. The lowest BCUT2D eigenvalue weighted by Crippen LogP contribution is -2.29. The Hall–Kier alpha value is -2.21. The summed E-state index contributed by atoms with van der Waals surface area (Å²) in [6, 6.07) is 9.15. The molecule has 1 N–H and O–H groups in total. The average Bonchev–Trinajstić information content (AvgIpc) is 3.00. The maximum Gasteiger partial charge on any atom is 0.329 e. The van der Waals surface area contributed by atoms with E-state index in [1.165, 1.54) is 34.6 Å². The van der Waals surface area contributed by atoms with Crippen LogP contribution < -0.4 is 10.9 Å². The minimum atomic E-state index is -0.525. The Morgan fingerprint density at radius 1 is 1.38 bits per heavy atom. The highest BCUT2D eigenvalue weighted by Crippen LogP contribution is 2.32. The lowest BCUT2D eigenvalue weighted by molar-refractivity contribution is -0.143. The molecule has 0 fully saturated rings. The second kappa shape index (κ2) is 6.73. The molecular weight excluding hydrogens is 324 g/mol. The Balaban J connectivity index is 1.82. The van der Waals surface area contributed by atoms with Gasteiger partial charge < -0.3 is 10.1 Å². The molecule has 1 aliphatic heterocycles. The smallest absolute Gasteiger partial charge is 0.329 e. The van der Waals surface area contributed by atoms with Crippen molar-refractivity contribution >= 4 is 23.4 Å². The molecule has 0 unspecified atom stereocenters. The van der Waals surface area contributed by atoms with Gasteiger partial charge in [0.25, 0.3) is 5.56 Å². The number of aryl methyl sites for hydroxylation is 1. The Morgan fingerprint density at radius 3 is 2.92 bits per heavy atom. The molecule has 1 aromatic carbocycles. The molecular formula is C18H20N2O3S. The topological polar surface area (TPSA) is 60.3 Å². The van der Waals surface area contributed by atoms with E-state index >= 15 is 0 Å². The second-order valence-corrected chi connectivity index (χ2v) is 6.90. The molecule has 0 aliphatic carbocycles. The number of methoxy groups -OCH3 is 1. The summed E-state index contributed by atoms with van der Waals surface area (Å²) in [7, 11) is 1.35. The van der Waals surface area contributed by atoms with Crippen LogP contribution in [0.25, 0.3) is 0 Å². The van der Waals surface area contributed by atoms with Crippen LogP contribution in [-0.4, -0.2) is 23.4 Å². The Bertz CT molecular complexity index is 845. The van der Waals surface area contributed by atoms with Crippen LogP contribution in [0.5, 0.6) is 0 Å². The lowest BCUT2D eigenvalue weighted by Gasteiger charge is -2.14. The van der Waals surface area contributed by atoms with E-state index in [-0.39, 0.29) is 11.5 Å². The third kappa shape index (κ3) is 3.06. The number of benzene rings is 1. The molecule has 5 nitrogen and oxygen atoms in total. The van der Waals surface area contributed by atoms with E-state index in [4.69, 9.17) is 4.74 Å². The number of esters is 1. The molecule has 126 valence electrons. The SMILES string of the molecule is COC(=O)[C@@H]1CSc2cc(CNc3cccc(C)c3C)cc(=O)n21. The maximum absolute atomic E-state index is 12.4. The third-order valence-electron chi connectivity index (χ3n) is 4.35. The minimum Gasteiger partial charge on any atom is -0.467 e. The number of carbonyl (C=O) groups excluding carboxylic acids is 1. The Morgan fingerprint density at radius 2 is 2.17 bits per heavy atom. The van der Waals surface area contributed by atoms with Crippen LogP contribution in [0.3, 0.4) is 0 Å². The highest BCUT2D eigenvalue weighted by Gasteiger charge is 2.30. The standard InChI is InChI=1S/C18H20N2O3S/c1-11-5-4-6-14(12(11)2)19-9-13-7-16(21)20-15(18(22)23-3)10-24-17(20)8-13/h4-8,15,19H,9-10H2,1-3H3/t15-/m0/s1. The van der Waals surface area contributed by atoms with Gasteiger partial charge in [-0.25, -0.2) is 4.79 Å². The summed E-state index contributed by atoms with van der Waals surface area (Å²) in [5.74, 6) is 0.167. The van der Waals surface area contributed by atoms with Gasteiger partial charge in [-0.3, -0.25) is 9.36 Å². The fourth-order valence-corrected chi connectivity index (χ4v) is 4.02. The molecule has 0 bridgehead atoms. The molecule has 2 heterocycles. The van der Waals surface area contributed by atoms with E-state index in [1.54, 1.807) is 6.07 Å². The molecule has 1 aromatic heterocycles. The fraction of sp³-hybridized carbons (Fsp3) is 0.333. The Labute approximate surface area is 145 Å². The molecule has 1 atom stereocenters. The average molecular weight is 344 g/mol. The van der Waals surface area contributed by atoms with Crippen LogP contribution >= 0.6 is 11.8 Å². The number of ether oxygens (including phenoxy) is 1. The van der Waals surface area contributed by atoms with Crippen LogP contribution in [0.15, 0.2) is 40.2 Å². The first-order valence-corrected chi connectivity index (χ1v) is 8.76. The van der Waals surface area contributed by atoms with Gasteiger partial charge in [0.05, 0.1) is 12.1 Å². The molecule has 0 radical (unpaired) electrons. The van der Waals surface area contributed by atoms with Crippen molar-refractivity contribution in [3.05, 3.63) is 57.4 Å². The first-order valence-electron chi connectivity index (χ1n) is 7.77. The van der Waals surface area contributed by atoms with Crippen LogP contribution in [0, 0.1) is 13.8 Å². The van der Waals surface area contributed by atoms with Crippen molar-refractivity contribution in [2.75, 3.05) is 18.2 Å². The van der Waals surface area contributed by atoms with Crippen molar-refractivity contribution < 1.29 is 9.53 Å². The van der Waals surface area contributed by atoms with Crippen LogP contribution in [0.2, 0.25) is 0 Å². The molecule has 3 rings (SSSR count). The number of rotatable bonds is 4. The number of anilines is 1. The zero-order valence-electron chi connectivity index (χ0n) is 14.0. The van der Waals surface area contributed by atoms with Gasteiger partial charge in [0, 0.05) is 24.1 Å². The number of pyridine rings is 1. The van der Waals surface area contributed by atoms with E-state index in [0.717, 1.165) is 16.3 Å². The molecule has 1 aliphatic rings. The van der Waals surface area contributed by atoms with Gasteiger partial charge in [0.15, 0.2) is 0 Å². The van der Waals surface area contributed by atoms with Gasteiger partial charge >= 0.3 is 5.97 Å². The zero-order chi connectivity index (χ0) is 17.3. The normalized spacial score (nSPS) is 15.9. The summed E-state index contributed by atoms with van der Waals surface area (Å²) >= 11 is 1.51. The number of hydrogen-bond acceptors (Lipinski definition) is 5. The molecule has 0 spiro atoms. The maximum atomic E-state index is 12.4. The van der Waals surface area contributed by atoms with Crippen molar-refractivity contribution in [2.45, 2.75) is 31.5 Å². The summed E-state index contributed by atoms with van der Waals surface area (Å²) in [4.78, 5) is 24.2. The zero-order valence-corrected chi connectivity index (χ0v) is 14.8. The number of nitrogens with zero attached hydrogens (tertiary/aromatic N) is 1. The number of aromatic nitrogens is 1. The summed E-state index contributed by atoms with van der Waals surface area (Å²) in [5, 5.41) is 4.20. The summed E-state index contributed by atoms with van der Waals surface area (Å²) in [6.07, 6.45) is 0. The predicted molar refractivity (Wildman–Crippen MR) is 95.7 cm³/mol. The van der Waals surface area contributed by atoms with Crippen molar-refractivity contribution in [2.24, 2.45) is 0 Å². The highest BCUT2D eigenvalue weighted by molar-refractivity contribution is 7.99. The molecule has 6 heteroatoms. The van der Waals surface area contributed by atoms with Crippen LogP contribution in [0.4, 0.5) is 5.69 Å². The number of thioether (sulfide) groups is 1. The van der Waals surface area contributed by atoms with E-state index in [9.17, 15) is 9.59 Å². The Kier molecular flexibility index (Phi) is 4.66. The molecule has 24 heavy (non-hydrogen) atoms. The number of hydrogen-bond donors (Lipinski definition) is 1. The van der Waals surface area contributed by atoms with Crippen molar-refractivity contribution in [3.8, 4) is 0 Å². The second-order valence-electron chi connectivity index (χ2n) is 5.86. The predicted octanol–water partition coefficient (Wildman–Crippen LogP) is 2.90. The monoisotopic (exact) mass is 344 g/mol. The number of nitrogens with one attached hydrogen (secondary N) is 1. The van der Waals surface area contributed by atoms with Gasteiger partial charge in [0.2, 0.25) is 0 Å². The van der Waals surface area contributed by atoms with Crippen LogP contribution in [-0.2, 0) is 16.1 Å². The van der Waals surface area contributed by atoms with Gasteiger partial charge in [-0.2, -0.15) is 0 Å². The van der Waals surface area contributed by atoms with Crippen molar-refractivity contribution in [1.82, 2.24) is 4.57 Å². The van der Waals surface area contributed by atoms with E-state index in [2.05, 4.69) is 25.2 Å².